The van der Waals surface area contributed by atoms with E-state index in [0.717, 1.165) is 21.5 Å². The Labute approximate surface area is 149 Å². The monoisotopic (exact) mass is 390 g/mol. The van der Waals surface area contributed by atoms with E-state index in [1.54, 1.807) is 0 Å². The lowest BCUT2D eigenvalue weighted by Crippen LogP contribution is -2.32. The van der Waals surface area contributed by atoms with Gasteiger partial charge in [0.25, 0.3) is 0 Å². The van der Waals surface area contributed by atoms with Crippen molar-refractivity contribution in [2.75, 3.05) is 0 Å². The van der Waals surface area contributed by atoms with Crippen LogP contribution in [-0.4, -0.2) is 9.78 Å². The Hall–Kier alpha value is -1.65. The summed E-state index contributed by atoms with van der Waals surface area (Å²) in [5, 5.41) is 5.49. The van der Waals surface area contributed by atoms with E-state index >= 15 is 0 Å². The second kappa shape index (κ2) is 6.10. The Kier molecular flexibility index (Phi) is 4.30. The minimum absolute atomic E-state index is 0.114. The third kappa shape index (κ3) is 3.33. The zero-order chi connectivity index (χ0) is 16.6. The maximum Gasteiger partial charge on any atom is 0.315 e. The van der Waals surface area contributed by atoms with Gasteiger partial charge < -0.3 is 0 Å². The molecular weight excluding hydrogens is 374 g/mol. The first-order chi connectivity index (χ1) is 10.9. The molecule has 1 aromatic heterocycles. The maximum absolute atomic E-state index is 6.40. The number of rotatable bonds is 2. The summed E-state index contributed by atoms with van der Waals surface area (Å²) in [6, 6.07) is 15.9. The van der Waals surface area contributed by atoms with Crippen molar-refractivity contribution >= 4 is 27.5 Å². The molecule has 0 saturated heterocycles. The van der Waals surface area contributed by atoms with Crippen LogP contribution in [0, 0.1) is 0 Å². The van der Waals surface area contributed by atoms with Gasteiger partial charge in [-0.1, -0.05) is 39.7 Å². The van der Waals surface area contributed by atoms with Crippen LogP contribution < -0.4 is 4.57 Å². The van der Waals surface area contributed by atoms with Crippen molar-refractivity contribution in [1.82, 2.24) is 9.78 Å². The Morgan fingerprint density at radius 3 is 2.30 bits per heavy atom. The fourth-order valence-electron chi connectivity index (χ4n) is 2.28. The molecule has 3 rings (SSSR count). The standard InChI is InChI=1S/C18H18BrClN3/c1-18(2,3)23-12-22(14-10-8-13(19)9-11-14)17(21-23)15-6-4-5-7-16(15)20/h4-12H,1-3H3/q+1. The molecule has 0 bridgehead atoms. The third-order valence-corrected chi connectivity index (χ3v) is 4.42. The highest BCUT2D eigenvalue weighted by atomic mass is 79.9. The molecule has 0 spiro atoms. The normalized spacial score (nSPS) is 11.7. The predicted octanol–water partition coefficient (Wildman–Crippen LogP) is 5.00. The van der Waals surface area contributed by atoms with Crippen LogP contribution in [0.4, 0.5) is 0 Å². The molecule has 0 aliphatic rings. The third-order valence-electron chi connectivity index (χ3n) is 3.56. The lowest BCUT2D eigenvalue weighted by atomic mass is 10.1. The smallest absolute Gasteiger partial charge is 0.196 e. The highest BCUT2D eigenvalue weighted by molar-refractivity contribution is 9.10. The predicted molar refractivity (Wildman–Crippen MR) is 96.9 cm³/mol. The van der Waals surface area contributed by atoms with E-state index in [9.17, 15) is 0 Å². The Balaban J connectivity index is 2.23. The Morgan fingerprint density at radius 2 is 1.70 bits per heavy atom. The van der Waals surface area contributed by atoms with Gasteiger partial charge >= 0.3 is 5.82 Å². The first kappa shape index (κ1) is 16.2. The summed E-state index contributed by atoms with van der Waals surface area (Å²) in [7, 11) is 0. The van der Waals surface area contributed by atoms with Gasteiger partial charge in [0.15, 0.2) is 0 Å². The summed E-state index contributed by atoms with van der Waals surface area (Å²) < 4.78 is 5.08. The number of hydrogen-bond acceptors (Lipinski definition) is 1. The molecule has 23 heavy (non-hydrogen) atoms. The van der Waals surface area contributed by atoms with Gasteiger partial charge in [0.2, 0.25) is 6.33 Å². The van der Waals surface area contributed by atoms with Crippen LogP contribution in [0.5, 0.6) is 0 Å². The van der Waals surface area contributed by atoms with Crippen LogP contribution in [0.3, 0.4) is 0 Å². The van der Waals surface area contributed by atoms with Crippen molar-refractivity contribution < 1.29 is 4.57 Å². The van der Waals surface area contributed by atoms with E-state index in [2.05, 4.69) is 53.4 Å². The molecule has 1 heterocycles. The van der Waals surface area contributed by atoms with E-state index in [0.29, 0.717) is 5.02 Å². The number of benzene rings is 2. The Bertz CT molecular complexity index is 832. The van der Waals surface area contributed by atoms with Gasteiger partial charge in [0.05, 0.1) is 10.6 Å². The van der Waals surface area contributed by atoms with Crippen molar-refractivity contribution in [3.8, 4) is 17.1 Å². The Morgan fingerprint density at radius 1 is 1.04 bits per heavy atom. The molecule has 5 heteroatoms. The number of aromatic nitrogens is 3. The summed E-state index contributed by atoms with van der Waals surface area (Å²) in [4.78, 5) is 0. The molecule has 0 fully saturated rings. The van der Waals surface area contributed by atoms with Gasteiger partial charge in [-0.15, -0.1) is 4.68 Å². The number of hydrogen-bond donors (Lipinski definition) is 0. The van der Waals surface area contributed by atoms with E-state index in [1.807, 2.05) is 47.4 Å². The molecule has 0 aliphatic carbocycles. The first-order valence-electron chi connectivity index (χ1n) is 7.39. The summed E-state index contributed by atoms with van der Waals surface area (Å²) in [5.74, 6) is 0.827. The van der Waals surface area contributed by atoms with Crippen molar-refractivity contribution in [3.63, 3.8) is 0 Å². The molecule has 0 saturated carbocycles. The zero-order valence-electron chi connectivity index (χ0n) is 13.3. The largest absolute Gasteiger partial charge is 0.315 e. The molecule has 118 valence electrons. The van der Waals surface area contributed by atoms with E-state index in [1.165, 1.54) is 0 Å². The number of nitrogens with zero attached hydrogens (tertiary/aromatic N) is 3. The van der Waals surface area contributed by atoms with E-state index in [4.69, 9.17) is 16.7 Å². The van der Waals surface area contributed by atoms with Crippen molar-refractivity contribution in [3.05, 3.63) is 64.4 Å². The van der Waals surface area contributed by atoms with Crippen LogP contribution in [0.1, 0.15) is 20.8 Å². The summed E-state index contributed by atoms with van der Waals surface area (Å²) in [5.41, 5.74) is 1.84. The van der Waals surface area contributed by atoms with Crippen molar-refractivity contribution in [1.29, 1.82) is 0 Å². The molecule has 0 aliphatic heterocycles. The SMILES string of the molecule is CC(C)(C)n1c[n+](-c2ccc(Br)cc2)c(-c2ccccc2Cl)n1. The average molecular weight is 392 g/mol. The van der Waals surface area contributed by atoms with Gasteiger partial charge in [-0.3, -0.25) is 0 Å². The van der Waals surface area contributed by atoms with Crippen LogP contribution in [-0.2, 0) is 5.54 Å². The van der Waals surface area contributed by atoms with E-state index in [-0.39, 0.29) is 5.54 Å². The maximum atomic E-state index is 6.40. The molecule has 0 radical (unpaired) electrons. The molecule has 0 unspecified atom stereocenters. The molecular formula is C18H18BrClN3+. The minimum Gasteiger partial charge on any atom is -0.196 e. The molecule has 0 atom stereocenters. The van der Waals surface area contributed by atoms with Crippen LogP contribution in [0.2, 0.25) is 5.02 Å². The lowest BCUT2D eigenvalue weighted by Gasteiger charge is -2.10. The van der Waals surface area contributed by atoms with Gasteiger partial charge in [-0.05, 0) is 57.2 Å². The van der Waals surface area contributed by atoms with Gasteiger partial charge in [-0.2, -0.15) is 4.57 Å². The van der Waals surface area contributed by atoms with Gasteiger partial charge in [0.1, 0.15) is 11.2 Å². The molecule has 3 aromatic rings. The second-order valence-corrected chi connectivity index (χ2v) is 7.70. The van der Waals surface area contributed by atoms with Crippen molar-refractivity contribution in [2.45, 2.75) is 26.3 Å². The second-order valence-electron chi connectivity index (χ2n) is 6.38. The van der Waals surface area contributed by atoms with Crippen LogP contribution in [0.25, 0.3) is 17.1 Å². The molecule has 3 nitrogen and oxygen atoms in total. The molecule has 0 amide bonds. The minimum atomic E-state index is -0.114. The highest BCUT2D eigenvalue weighted by Crippen LogP contribution is 2.26. The van der Waals surface area contributed by atoms with Crippen LogP contribution >= 0.6 is 27.5 Å². The fourth-order valence-corrected chi connectivity index (χ4v) is 2.76. The van der Waals surface area contributed by atoms with E-state index < -0.39 is 0 Å². The van der Waals surface area contributed by atoms with Gasteiger partial charge in [0, 0.05) is 9.57 Å². The summed E-state index contributed by atoms with van der Waals surface area (Å²) in [6.07, 6.45) is 2.02. The quantitative estimate of drug-likeness (QED) is 0.563. The van der Waals surface area contributed by atoms with Crippen LogP contribution in [0.15, 0.2) is 59.3 Å². The average Bonchev–Trinajstić information content (AvgIpc) is 2.93. The lowest BCUT2D eigenvalue weighted by molar-refractivity contribution is -0.585. The zero-order valence-corrected chi connectivity index (χ0v) is 15.6. The van der Waals surface area contributed by atoms with Gasteiger partial charge in [-0.25, -0.2) is 0 Å². The highest BCUT2D eigenvalue weighted by Gasteiger charge is 2.28. The summed E-state index contributed by atoms with van der Waals surface area (Å²) >= 11 is 9.88. The molecule has 0 N–H and O–H groups in total. The molecule has 2 aromatic carbocycles. The summed E-state index contributed by atoms with van der Waals surface area (Å²) in [6.45, 7) is 6.38. The fraction of sp³-hybridized carbons (Fsp3) is 0.222. The van der Waals surface area contributed by atoms with Crippen molar-refractivity contribution in [2.24, 2.45) is 0 Å². The first-order valence-corrected chi connectivity index (χ1v) is 8.56. The topological polar surface area (TPSA) is 21.7 Å². The number of halogens is 2.